The van der Waals surface area contributed by atoms with Gasteiger partial charge in [-0.25, -0.2) is 0 Å². The molecule has 0 radical (unpaired) electrons. The topological polar surface area (TPSA) is 52.1 Å². The van der Waals surface area contributed by atoms with Crippen molar-refractivity contribution in [3.05, 3.63) is 47.9 Å². The van der Waals surface area contributed by atoms with Crippen LogP contribution in [0, 0.1) is 13.8 Å². The first-order valence-corrected chi connectivity index (χ1v) is 5.69. The molecule has 0 bridgehead atoms. The second-order valence-corrected chi connectivity index (χ2v) is 4.17. The van der Waals surface area contributed by atoms with Crippen LogP contribution < -0.4 is 0 Å². The van der Waals surface area contributed by atoms with Crippen LogP contribution in [-0.2, 0) is 0 Å². The number of rotatable bonds is 2. The molecule has 0 N–H and O–H groups in total. The fraction of sp³-hybridized carbons (Fsp3) is 0.143. The van der Waals surface area contributed by atoms with E-state index in [1.807, 2.05) is 44.2 Å². The predicted molar refractivity (Wildman–Crippen MR) is 66.9 cm³/mol. The summed E-state index contributed by atoms with van der Waals surface area (Å²) in [6, 6.07) is 9.79. The summed E-state index contributed by atoms with van der Waals surface area (Å²) in [6.45, 7) is 3.90. The zero-order valence-electron chi connectivity index (χ0n) is 10.2. The third-order valence-electron chi connectivity index (χ3n) is 2.78. The number of nitrogens with zero attached hydrogens (tertiary/aromatic N) is 2. The smallest absolute Gasteiger partial charge is 0.251 e. The molecule has 18 heavy (non-hydrogen) atoms. The zero-order chi connectivity index (χ0) is 12.5. The van der Waals surface area contributed by atoms with E-state index in [2.05, 4.69) is 10.2 Å². The number of hydrogen-bond acceptors (Lipinski definition) is 4. The maximum atomic E-state index is 5.67. The van der Waals surface area contributed by atoms with E-state index in [-0.39, 0.29) is 0 Å². The maximum absolute atomic E-state index is 5.67. The third kappa shape index (κ3) is 1.82. The first-order valence-electron chi connectivity index (χ1n) is 5.69. The number of furan rings is 1. The van der Waals surface area contributed by atoms with Gasteiger partial charge in [0.15, 0.2) is 0 Å². The Kier molecular flexibility index (Phi) is 2.48. The van der Waals surface area contributed by atoms with Crippen LogP contribution in [0.1, 0.15) is 11.3 Å². The van der Waals surface area contributed by atoms with E-state index in [4.69, 9.17) is 8.83 Å². The SMILES string of the molecule is Cc1cccc(-c2nnc(-c3ccoc3C)o2)c1. The average molecular weight is 240 g/mol. The van der Waals surface area contributed by atoms with Gasteiger partial charge >= 0.3 is 0 Å². The van der Waals surface area contributed by atoms with Gasteiger partial charge in [-0.3, -0.25) is 0 Å². The van der Waals surface area contributed by atoms with Crippen molar-refractivity contribution in [3.63, 3.8) is 0 Å². The lowest BCUT2D eigenvalue weighted by Gasteiger charge is -1.95. The van der Waals surface area contributed by atoms with Crippen molar-refractivity contribution >= 4 is 0 Å². The Balaban J connectivity index is 2.02. The van der Waals surface area contributed by atoms with Gasteiger partial charge in [-0.15, -0.1) is 10.2 Å². The molecular formula is C14H12N2O2. The highest BCUT2D eigenvalue weighted by Crippen LogP contribution is 2.26. The molecule has 3 aromatic rings. The summed E-state index contributed by atoms with van der Waals surface area (Å²) in [5, 5.41) is 8.12. The van der Waals surface area contributed by atoms with Crippen molar-refractivity contribution in [1.29, 1.82) is 0 Å². The molecule has 90 valence electrons. The molecular weight excluding hydrogens is 228 g/mol. The van der Waals surface area contributed by atoms with Crippen LogP contribution in [0.2, 0.25) is 0 Å². The average Bonchev–Trinajstić information content (AvgIpc) is 2.97. The van der Waals surface area contributed by atoms with Gasteiger partial charge in [0.05, 0.1) is 11.8 Å². The van der Waals surface area contributed by atoms with Crippen LogP contribution in [0.15, 0.2) is 45.4 Å². The minimum Gasteiger partial charge on any atom is -0.469 e. The lowest BCUT2D eigenvalue weighted by molar-refractivity contribution is 0.530. The fourth-order valence-corrected chi connectivity index (χ4v) is 1.83. The Morgan fingerprint density at radius 2 is 1.83 bits per heavy atom. The lowest BCUT2D eigenvalue weighted by Crippen LogP contribution is -1.78. The van der Waals surface area contributed by atoms with E-state index >= 15 is 0 Å². The normalized spacial score (nSPS) is 10.8. The molecule has 2 aromatic heterocycles. The largest absolute Gasteiger partial charge is 0.469 e. The highest BCUT2D eigenvalue weighted by atomic mass is 16.4. The third-order valence-corrected chi connectivity index (χ3v) is 2.78. The van der Waals surface area contributed by atoms with E-state index in [9.17, 15) is 0 Å². The predicted octanol–water partition coefficient (Wildman–Crippen LogP) is 3.61. The monoisotopic (exact) mass is 240 g/mol. The molecule has 0 spiro atoms. The highest BCUT2D eigenvalue weighted by molar-refractivity contribution is 5.59. The quantitative estimate of drug-likeness (QED) is 0.686. The standard InChI is InChI=1S/C14H12N2O2/c1-9-4-3-5-11(8-9)13-15-16-14(18-13)12-6-7-17-10(12)2/h3-8H,1-2H3. The lowest BCUT2D eigenvalue weighted by atomic mass is 10.1. The van der Waals surface area contributed by atoms with E-state index in [0.29, 0.717) is 11.8 Å². The summed E-state index contributed by atoms with van der Waals surface area (Å²) < 4.78 is 10.9. The van der Waals surface area contributed by atoms with Crippen molar-refractivity contribution in [2.75, 3.05) is 0 Å². The van der Waals surface area contributed by atoms with Crippen molar-refractivity contribution < 1.29 is 8.83 Å². The van der Waals surface area contributed by atoms with Crippen LogP contribution in [0.4, 0.5) is 0 Å². The van der Waals surface area contributed by atoms with Crippen molar-refractivity contribution in [2.45, 2.75) is 13.8 Å². The summed E-state index contributed by atoms with van der Waals surface area (Å²) >= 11 is 0. The van der Waals surface area contributed by atoms with E-state index in [0.717, 1.165) is 22.5 Å². The van der Waals surface area contributed by atoms with Crippen molar-refractivity contribution in [1.82, 2.24) is 10.2 Å². The summed E-state index contributed by atoms with van der Waals surface area (Å²) in [7, 11) is 0. The van der Waals surface area contributed by atoms with Gasteiger partial charge in [-0.1, -0.05) is 17.7 Å². The van der Waals surface area contributed by atoms with Crippen molar-refractivity contribution in [3.8, 4) is 22.9 Å². The van der Waals surface area contributed by atoms with Crippen LogP contribution in [-0.4, -0.2) is 10.2 Å². The Bertz CT molecular complexity index is 682. The number of aryl methyl sites for hydroxylation is 2. The summed E-state index contributed by atoms with van der Waals surface area (Å²) in [5.74, 6) is 1.78. The van der Waals surface area contributed by atoms with Crippen LogP contribution in [0.5, 0.6) is 0 Å². The van der Waals surface area contributed by atoms with Gasteiger partial charge in [0.1, 0.15) is 5.76 Å². The van der Waals surface area contributed by atoms with Gasteiger partial charge in [0.2, 0.25) is 5.89 Å². The molecule has 0 saturated heterocycles. The second kappa shape index (κ2) is 4.14. The number of benzene rings is 1. The molecule has 0 aliphatic rings. The molecule has 0 fully saturated rings. The highest BCUT2D eigenvalue weighted by Gasteiger charge is 2.13. The van der Waals surface area contributed by atoms with Gasteiger partial charge in [0, 0.05) is 5.56 Å². The van der Waals surface area contributed by atoms with Gasteiger partial charge in [0.25, 0.3) is 5.89 Å². The molecule has 0 atom stereocenters. The summed E-state index contributed by atoms with van der Waals surface area (Å²) in [6.07, 6.45) is 1.61. The first kappa shape index (κ1) is 10.8. The fourth-order valence-electron chi connectivity index (χ4n) is 1.83. The molecule has 4 heteroatoms. The van der Waals surface area contributed by atoms with E-state index in [1.54, 1.807) is 6.26 Å². The molecule has 3 rings (SSSR count). The Morgan fingerprint density at radius 1 is 1.00 bits per heavy atom. The molecule has 0 saturated carbocycles. The first-order chi connectivity index (χ1) is 8.74. The molecule has 0 unspecified atom stereocenters. The van der Waals surface area contributed by atoms with Crippen LogP contribution in [0.3, 0.4) is 0 Å². The minimum absolute atomic E-state index is 0.484. The number of aromatic nitrogens is 2. The second-order valence-electron chi connectivity index (χ2n) is 4.17. The molecule has 4 nitrogen and oxygen atoms in total. The number of hydrogen-bond donors (Lipinski definition) is 0. The van der Waals surface area contributed by atoms with Gasteiger partial charge in [-0.05, 0) is 32.0 Å². The maximum Gasteiger partial charge on any atom is 0.251 e. The minimum atomic E-state index is 0.484. The van der Waals surface area contributed by atoms with Gasteiger partial charge < -0.3 is 8.83 Å². The summed E-state index contributed by atoms with van der Waals surface area (Å²) in [4.78, 5) is 0. The Morgan fingerprint density at radius 3 is 2.56 bits per heavy atom. The van der Waals surface area contributed by atoms with Crippen molar-refractivity contribution in [2.24, 2.45) is 0 Å². The Labute approximate surface area is 104 Å². The molecule has 0 aliphatic carbocycles. The summed E-state index contributed by atoms with van der Waals surface area (Å²) in [5.41, 5.74) is 2.92. The Hall–Kier alpha value is -2.36. The zero-order valence-corrected chi connectivity index (χ0v) is 10.2. The van der Waals surface area contributed by atoms with E-state index in [1.165, 1.54) is 0 Å². The molecule has 0 amide bonds. The van der Waals surface area contributed by atoms with Crippen LogP contribution >= 0.6 is 0 Å². The van der Waals surface area contributed by atoms with E-state index < -0.39 is 0 Å². The molecule has 1 aromatic carbocycles. The molecule has 0 aliphatic heterocycles. The van der Waals surface area contributed by atoms with Crippen LogP contribution in [0.25, 0.3) is 22.9 Å². The van der Waals surface area contributed by atoms with Gasteiger partial charge in [-0.2, -0.15) is 0 Å². The molecule has 2 heterocycles.